The van der Waals surface area contributed by atoms with Crippen molar-refractivity contribution in [1.82, 2.24) is 15.8 Å². The molecule has 8 nitrogen and oxygen atoms in total. The van der Waals surface area contributed by atoms with E-state index in [0.717, 1.165) is 11.6 Å². The van der Waals surface area contributed by atoms with Crippen molar-refractivity contribution in [2.45, 2.75) is 11.8 Å². The maximum Gasteiger partial charge on any atom is 0.270 e. The zero-order chi connectivity index (χ0) is 24.5. The molecule has 0 radical (unpaired) electrons. The number of sulfonamides is 1. The van der Waals surface area contributed by atoms with Crippen molar-refractivity contribution in [2.75, 3.05) is 0 Å². The lowest BCUT2D eigenvalue weighted by molar-refractivity contribution is 0.0847. The van der Waals surface area contributed by atoms with Gasteiger partial charge in [0, 0.05) is 21.5 Å². The van der Waals surface area contributed by atoms with Gasteiger partial charge in [-0.1, -0.05) is 48.0 Å². The highest BCUT2D eigenvalue weighted by atomic mass is 35.5. The molecule has 4 rings (SSSR count). The molecule has 0 atom stereocenters. The fourth-order valence-corrected chi connectivity index (χ4v) is 4.07. The Labute approximate surface area is 200 Å². The summed E-state index contributed by atoms with van der Waals surface area (Å²) >= 11 is 5.98. The normalized spacial score (nSPS) is 11.3. The molecule has 3 aromatic carbocycles. The second-order valence-electron chi connectivity index (χ2n) is 7.51. The van der Waals surface area contributed by atoms with Crippen molar-refractivity contribution in [2.24, 2.45) is 5.14 Å². The number of primary sulfonamides is 1. The van der Waals surface area contributed by atoms with Crippen LogP contribution in [-0.4, -0.2) is 25.2 Å². The number of nitrogens with one attached hydrogen (secondary N) is 2. The molecule has 0 aliphatic heterocycles. The second-order valence-corrected chi connectivity index (χ2v) is 9.51. The molecular weight excluding hydrogens is 476 g/mol. The molecule has 34 heavy (non-hydrogen) atoms. The van der Waals surface area contributed by atoms with E-state index in [1.54, 1.807) is 55.5 Å². The van der Waals surface area contributed by atoms with Crippen LogP contribution in [0.25, 0.3) is 22.2 Å². The first kappa shape index (κ1) is 23.4. The first-order valence-electron chi connectivity index (χ1n) is 10.0. The first-order valence-corrected chi connectivity index (χ1v) is 12.0. The fraction of sp³-hybridized carbons (Fsp3) is 0.0417. The summed E-state index contributed by atoms with van der Waals surface area (Å²) in [5, 5.41) is 6.33. The predicted molar refractivity (Wildman–Crippen MR) is 130 cm³/mol. The number of rotatable bonds is 4. The molecule has 0 saturated heterocycles. The maximum atomic E-state index is 13.1. The molecule has 1 aromatic heterocycles. The van der Waals surface area contributed by atoms with E-state index < -0.39 is 21.8 Å². The van der Waals surface area contributed by atoms with Gasteiger partial charge in [0.1, 0.15) is 0 Å². The number of carbonyl (C=O) groups excluding carboxylic acids is 2. The molecule has 0 aliphatic rings. The third kappa shape index (κ3) is 4.91. The second kappa shape index (κ2) is 9.22. The van der Waals surface area contributed by atoms with Gasteiger partial charge in [0.2, 0.25) is 10.0 Å². The highest BCUT2D eigenvalue weighted by Crippen LogP contribution is 2.26. The highest BCUT2D eigenvalue weighted by Gasteiger charge is 2.18. The standard InChI is InChI=1S/C24H19ClN4O4S/c1-14-6-11-17(34(26,32)33)12-19(14)23(30)28-29-24(31)20-13-22(15-7-9-16(25)10-8-15)27-21-5-3-2-4-18(20)21/h2-13H,1H3,(H,28,30)(H,29,31)(H2,26,32,33). The van der Waals surface area contributed by atoms with Crippen LogP contribution in [0.2, 0.25) is 5.02 Å². The third-order valence-corrected chi connectivity index (χ3v) is 6.34. The fourth-order valence-electron chi connectivity index (χ4n) is 3.40. The Hall–Kier alpha value is -3.79. The van der Waals surface area contributed by atoms with Crippen molar-refractivity contribution in [3.05, 3.63) is 94.5 Å². The maximum absolute atomic E-state index is 13.1. The Morgan fingerprint density at radius 2 is 1.53 bits per heavy atom. The van der Waals surface area contributed by atoms with Crippen LogP contribution in [0, 0.1) is 6.92 Å². The molecule has 4 N–H and O–H groups in total. The van der Waals surface area contributed by atoms with Crippen molar-refractivity contribution in [3.63, 3.8) is 0 Å². The number of hydrazine groups is 1. The number of hydrogen-bond acceptors (Lipinski definition) is 5. The molecule has 0 spiro atoms. The molecule has 0 unspecified atom stereocenters. The third-order valence-electron chi connectivity index (χ3n) is 5.17. The van der Waals surface area contributed by atoms with Gasteiger partial charge in [-0.15, -0.1) is 0 Å². The predicted octanol–water partition coefficient (Wildman–Crippen LogP) is 3.59. The number of para-hydroxylation sites is 1. The summed E-state index contributed by atoms with van der Waals surface area (Å²) in [7, 11) is -3.99. The lowest BCUT2D eigenvalue weighted by Gasteiger charge is -2.13. The largest absolute Gasteiger partial charge is 0.270 e. The Morgan fingerprint density at radius 3 is 2.21 bits per heavy atom. The average molecular weight is 495 g/mol. The molecule has 172 valence electrons. The van der Waals surface area contributed by atoms with Gasteiger partial charge < -0.3 is 0 Å². The minimum atomic E-state index is -3.99. The first-order chi connectivity index (χ1) is 16.1. The Bertz CT molecular complexity index is 1540. The van der Waals surface area contributed by atoms with E-state index in [0.29, 0.717) is 32.7 Å². The minimum Gasteiger partial charge on any atom is -0.267 e. The van der Waals surface area contributed by atoms with Crippen LogP contribution in [0.15, 0.2) is 77.7 Å². The van der Waals surface area contributed by atoms with Gasteiger partial charge in [0.25, 0.3) is 11.8 Å². The zero-order valence-electron chi connectivity index (χ0n) is 17.9. The Morgan fingerprint density at radius 1 is 0.882 bits per heavy atom. The van der Waals surface area contributed by atoms with Crippen molar-refractivity contribution < 1.29 is 18.0 Å². The minimum absolute atomic E-state index is 0.0632. The number of hydrogen-bond donors (Lipinski definition) is 3. The van der Waals surface area contributed by atoms with Crippen LogP contribution in [-0.2, 0) is 10.0 Å². The molecule has 0 bridgehead atoms. The van der Waals surface area contributed by atoms with E-state index in [4.69, 9.17) is 16.7 Å². The van der Waals surface area contributed by atoms with Crippen molar-refractivity contribution in [1.29, 1.82) is 0 Å². The number of aromatic nitrogens is 1. The summed E-state index contributed by atoms with van der Waals surface area (Å²) in [5.74, 6) is -1.25. The number of benzene rings is 3. The van der Waals surface area contributed by atoms with Gasteiger partial charge in [-0.05, 0) is 48.9 Å². The molecule has 4 aromatic rings. The monoisotopic (exact) mass is 494 g/mol. The number of nitrogens with two attached hydrogens (primary N) is 1. The number of halogens is 1. The van der Waals surface area contributed by atoms with Crippen LogP contribution < -0.4 is 16.0 Å². The molecule has 1 heterocycles. The number of aryl methyl sites for hydroxylation is 1. The van der Waals surface area contributed by atoms with E-state index >= 15 is 0 Å². The number of fused-ring (bicyclic) bond motifs is 1. The SMILES string of the molecule is Cc1ccc(S(N)(=O)=O)cc1C(=O)NNC(=O)c1cc(-c2ccc(Cl)cc2)nc2ccccc12. The summed E-state index contributed by atoms with van der Waals surface area (Å²) in [5.41, 5.74) is 7.53. The molecule has 10 heteroatoms. The lowest BCUT2D eigenvalue weighted by atomic mass is 10.0. The van der Waals surface area contributed by atoms with Crippen molar-refractivity contribution in [3.8, 4) is 11.3 Å². The molecule has 2 amide bonds. The van der Waals surface area contributed by atoms with Crippen molar-refractivity contribution >= 4 is 44.3 Å². The number of amides is 2. The van der Waals surface area contributed by atoms with Crippen LogP contribution in [0.4, 0.5) is 0 Å². The summed E-state index contributed by atoms with van der Waals surface area (Å²) in [6, 6.07) is 19.7. The number of pyridine rings is 1. The molecular formula is C24H19ClN4O4S. The Balaban J connectivity index is 1.63. The quantitative estimate of drug-likeness (QED) is 0.373. The van der Waals surface area contributed by atoms with Gasteiger partial charge in [0.05, 0.1) is 21.7 Å². The smallest absolute Gasteiger partial charge is 0.267 e. The Kier molecular flexibility index (Phi) is 6.34. The van der Waals surface area contributed by atoms with Gasteiger partial charge >= 0.3 is 0 Å². The van der Waals surface area contributed by atoms with E-state index in [-0.39, 0.29) is 10.5 Å². The summed E-state index contributed by atoms with van der Waals surface area (Å²) in [6.07, 6.45) is 0. The van der Waals surface area contributed by atoms with Crippen LogP contribution >= 0.6 is 11.6 Å². The van der Waals surface area contributed by atoms with Gasteiger partial charge in [-0.3, -0.25) is 20.4 Å². The van der Waals surface area contributed by atoms with Gasteiger partial charge in [-0.25, -0.2) is 18.5 Å². The van der Waals surface area contributed by atoms with E-state index in [1.807, 2.05) is 6.07 Å². The van der Waals surface area contributed by atoms with E-state index in [1.165, 1.54) is 12.1 Å². The molecule has 0 saturated carbocycles. The van der Waals surface area contributed by atoms with E-state index in [9.17, 15) is 18.0 Å². The molecule has 0 aliphatic carbocycles. The van der Waals surface area contributed by atoms with E-state index in [2.05, 4.69) is 15.8 Å². The average Bonchev–Trinajstić information content (AvgIpc) is 2.81. The van der Waals surface area contributed by atoms with Gasteiger partial charge in [0.15, 0.2) is 0 Å². The van der Waals surface area contributed by atoms with Crippen LogP contribution in [0.1, 0.15) is 26.3 Å². The number of nitrogens with zero attached hydrogens (tertiary/aromatic N) is 1. The summed E-state index contributed by atoms with van der Waals surface area (Å²) in [6.45, 7) is 1.64. The lowest BCUT2D eigenvalue weighted by Crippen LogP contribution is -2.42. The molecule has 0 fully saturated rings. The highest BCUT2D eigenvalue weighted by molar-refractivity contribution is 7.89. The van der Waals surface area contributed by atoms with Crippen LogP contribution in [0.5, 0.6) is 0 Å². The van der Waals surface area contributed by atoms with Gasteiger partial charge in [-0.2, -0.15) is 0 Å². The summed E-state index contributed by atoms with van der Waals surface area (Å²) in [4.78, 5) is 30.2. The summed E-state index contributed by atoms with van der Waals surface area (Å²) < 4.78 is 23.3. The number of carbonyl (C=O) groups is 2. The topological polar surface area (TPSA) is 131 Å². The zero-order valence-corrected chi connectivity index (χ0v) is 19.4. The van der Waals surface area contributed by atoms with Crippen LogP contribution in [0.3, 0.4) is 0 Å².